The summed E-state index contributed by atoms with van der Waals surface area (Å²) in [6.07, 6.45) is 1.70. The highest BCUT2D eigenvalue weighted by atomic mass is 127. The predicted octanol–water partition coefficient (Wildman–Crippen LogP) is 1.09. The Hall–Kier alpha value is -1.37. The van der Waals surface area contributed by atoms with Gasteiger partial charge in [0.05, 0.1) is 17.8 Å². The van der Waals surface area contributed by atoms with Crippen molar-refractivity contribution >= 4 is 57.7 Å². The fourth-order valence-electron chi connectivity index (χ4n) is 2.58. The van der Waals surface area contributed by atoms with Crippen LogP contribution in [-0.2, 0) is 4.79 Å². The third kappa shape index (κ3) is 6.94. The van der Waals surface area contributed by atoms with Crippen LogP contribution in [0.4, 0.5) is 5.95 Å². The molecule has 0 aromatic carbocycles. The first-order valence-corrected chi connectivity index (χ1v) is 9.49. The molecule has 0 aliphatic carbocycles. The molecule has 1 aromatic heterocycles. The molecule has 2 rings (SSSR count). The Morgan fingerprint density at radius 1 is 1.26 bits per heavy atom. The Bertz CT molecular complexity index is 639. The number of carbonyl (C=O) groups is 1. The molecule has 0 atom stereocenters. The van der Waals surface area contributed by atoms with E-state index >= 15 is 0 Å². The van der Waals surface area contributed by atoms with Crippen molar-refractivity contribution in [1.82, 2.24) is 25.5 Å². The van der Waals surface area contributed by atoms with E-state index in [-0.39, 0.29) is 36.4 Å². The maximum atomic E-state index is 11.7. The average molecular weight is 556 g/mol. The van der Waals surface area contributed by atoms with Crippen molar-refractivity contribution in [2.45, 2.75) is 13.8 Å². The lowest BCUT2D eigenvalue weighted by molar-refractivity contribution is -0.119. The number of nitrogens with one attached hydrogen (secondary N) is 2. The summed E-state index contributed by atoms with van der Waals surface area (Å²) in [5.41, 5.74) is 0. The first-order valence-electron chi connectivity index (χ1n) is 8.70. The number of likely N-dealkylation sites (N-methyl/N-ethyl adjacent to an activating group) is 1. The maximum Gasteiger partial charge on any atom is 0.241 e. The molecule has 1 amide bonds. The van der Waals surface area contributed by atoms with Crippen LogP contribution < -0.4 is 20.3 Å². The van der Waals surface area contributed by atoms with Gasteiger partial charge in [-0.05, 0) is 29.8 Å². The minimum atomic E-state index is -0.0723. The van der Waals surface area contributed by atoms with Crippen LogP contribution in [0.15, 0.2) is 15.7 Å². The number of nitrogens with zero attached hydrogens (tertiary/aromatic N) is 5. The van der Waals surface area contributed by atoms with Gasteiger partial charge in [0.15, 0.2) is 5.96 Å². The Kier molecular flexibility index (Phi) is 10.7. The lowest BCUT2D eigenvalue weighted by Crippen LogP contribution is -2.53. The van der Waals surface area contributed by atoms with Crippen molar-refractivity contribution in [3.05, 3.63) is 10.7 Å². The summed E-state index contributed by atoms with van der Waals surface area (Å²) >= 11 is 3.37. The van der Waals surface area contributed by atoms with Gasteiger partial charge in [-0.2, -0.15) is 4.98 Å². The normalized spacial score (nSPS) is 14.4. The molecule has 11 heteroatoms. The fraction of sp³-hybridized carbons (Fsp3) is 0.625. The highest BCUT2D eigenvalue weighted by molar-refractivity contribution is 14.0. The van der Waals surface area contributed by atoms with E-state index in [2.05, 4.69) is 51.3 Å². The van der Waals surface area contributed by atoms with E-state index in [1.54, 1.807) is 13.3 Å². The van der Waals surface area contributed by atoms with Crippen LogP contribution in [0.3, 0.4) is 0 Å². The lowest BCUT2D eigenvalue weighted by atomic mass is 10.3. The Morgan fingerprint density at radius 2 is 1.93 bits per heavy atom. The van der Waals surface area contributed by atoms with Gasteiger partial charge in [-0.1, -0.05) is 0 Å². The smallest absolute Gasteiger partial charge is 0.241 e. The number of amides is 1. The van der Waals surface area contributed by atoms with Crippen LogP contribution in [-0.4, -0.2) is 79.7 Å². The van der Waals surface area contributed by atoms with Crippen LogP contribution in [0.25, 0.3) is 0 Å². The van der Waals surface area contributed by atoms with E-state index in [1.807, 2.05) is 13.8 Å². The van der Waals surface area contributed by atoms with Gasteiger partial charge in [0.2, 0.25) is 17.7 Å². The number of aliphatic imine (C=N–C) groups is 1. The number of piperazine rings is 1. The van der Waals surface area contributed by atoms with Crippen LogP contribution in [0.5, 0.6) is 5.88 Å². The SMILES string of the molecule is CCNC(=O)CN=C(NCC)N1CCN(c2ncc(Br)c(OC)n2)CC1.I. The Labute approximate surface area is 185 Å². The number of hydrogen-bond donors (Lipinski definition) is 2. The molecule has 27 heavy (non-hydrogen) atoms. The van der Waals surface area contributed by atoms with Crippen molar-refractivity contribution in [2.75, 3.05) is 57.8 Å². The number of halogens is 2. The summed E-state index contributed by atoms with van der Waals surface area (Å²) in [4.78, 5) is 29.1. The van der Waals surface area contributed by atoms with Gasteiger partial charge in [0.1, 0.15) is 6.54 Å². The summed E-state index contributed by atoms with van der Waals surface area (Å²) in [7, 11) is 1.59. The summed E-state index contributed by atoms with van der Waals surface area (Å²) in [6.45, 7) is 8.45. The van der Waals surface area contributed by atoms with Crippen molar-refractivity contribution in [2.24, 2.45) is 4.99 Å². The monoisotopic (exact) mass is 555 g/mol. The minimum absolute atomic E-state index is 0. The number of aromatic nitrogens is 2. The van der Waals surface area contributed by atoms with Crippen molar-refractivity contribution in [3.63, 3.8) is 0 Å². The first-order chi connectivity index (χ1) is 12.6. The van der Waals surface area contributed by atoms with Crippen LogP contribution in [0.1, 0.15) is 13.8 Å². The summed E-state index contributed by atoms with van der Waals surface area (Å²) < 4.78 is 5.97. The van der Waals surface area contributed by atoms with Crippen molar-refractivity contribution in [1.29, 1.82) is 0 Å². The highest BCUT2D eigenvalue weighted by Gasteiger charge is 2.22. The van der Waals surface area contributed by atoms with Crippen LogP contribution >= 0.6 is 39.9 Å². The number of methoxy groups -OCH3 is 1. The zero-order chi connectivity index (χ0) is 18.9. The van der Waals surface area contributed by atoms with E-state index in [1.165, 1.54) is 0 Å². The van der Waals surface area contributed by atoms with E-state index in [9.17, 15) is 4.79 Å². The third-order valence-electron chi connectivity index (χ3n) is 3.84. The van der Waals surface area contributed by atoms with E-state index in [0.717, 1.165) is 43.2 Å². The molecular weight excluding hydrogens is 529 g/mol. The van der Waals surface area contributed by atoms with Gasteiger partial charge in [0.25, 0.3) is 0 Å². The first kappa shape index (κ1) is 23.7. The van der Waals surface area contributed by atoms with Gasteiger partial charge in [-0.3, -0.25) is 4.79 Å². The molecule has 1 fully saturated rings. The van der Waals surface area contributed by atoms with E-state index < -0.39 is 0 Å². The third-order valence-corrected chi connectivity index (χ3v) is 4.38. The van der Waals surface area contributed by atoms with Crippen LogP contribution in [0.2, 0.25) is 0 Å². The second-order valence-electron chi connectivity index (χ2n) is 5.62. The molecule has 0 unspecified atom stereocenters. The maximum absolute atomic E-state index is 11.7. The molecule has 0 spiro atoms. The Balaban J connectivity index is 0.00000364. The zero-order valence-electron chi connectivity index (χ0n) is 15.9. The highest BCUT2D eigenvalue weighted by Crippen LogP contribution is 2.23. The summed E-state index contributed by atoms with van der Waals surface area (Å²) in [5, 5.41) is 6.01. The lowest BCUT2D eigenvalue weighted by Gasteiger charge is -2.36. The van der Waals surface area contributed by atoms with Crippen LogP contribution in [0, 0.1) is 0 Å². The second-order valence-corrected chi connectivity index (χ2v) is 6.48. The molecule has 1 aromatic rings. The summed E-state index contributed by atoms with van der Waals surface area (Å²) in [6, 6.07) is 0. The molecule has 9 nitrogen and oxygen atoms in total. The molecule has 1 saturated heterocycles. The van der Waals surface area contributed by atoms with Crippen molar-refractivity contribution < 1.29 is 9.53 Å². The number of carbonyl (C=O) groups excluding carboxylic acids is 1. The van der Waals surface area contributed by atoms with Gasteiger partial charge in [-0.25, -0.2) is 9.98 Å². The molecule has 0 radical (unpaired) electrons. The molecule has 2 N–H and O–H groups in total. The number of rotatable bonds is 6. The molecule has 152 valence electrons. The standard InChI is InChI=1S/C16H26BrN7O2.HI/c1-4-18-13(25)11-21-15(19-5-2)23-6-8-24(9-7-23)16-20-10-12(17)14(22-16)26-3;/h10H,4-9,11H2,1-3H3,(H,18,25)(H,19,21);1H. The molecular formula is C16H27BrIN7O2. The molecule has 2 heterocycles. The molecule has 0 bridgehead atoms. The van der Waals surface area contributed by atoms with E-state index in [0.29, 0.717) is 18.4 Å². The quantitative estimate of drug-likeness (QED) is 0.308. The predicted molar refractivity (Wildman–Crippen MR) is 120 cm³/mol. The fourth-order valence-corrected chi connectivity index (χ4v) is 2.93. The van der Waals surface area contributed by atoms with Gasteiger partial charge in [0, 0.05) is 39.3 Å². The average Bonchev–Trinajstić information content (AvgIpc) is 2.66. The number of anilines is 1. The molecule has 0 saturated carbocycles. The van der Waals surface area contributed by atoms with Gasteiger partial charge in [-0.15, -0.1) is 24.0 Å². The number of hydrogen-bond acceptors (Lipinski definition) is 6. The van der Waals surface area contributed by atoms with E-state index in [4.69, 9.17) is 4.74 Å². The molecule has 1 aliphatic rings. The number of guanidine groups is 1. The Morgan fingerprint density at radius 3 is 2.52 bits per heavy atom. The number of ether oxygens (including phenoxy) is 1. The van der Waals surface area contributed by atoms with Gasteiger partial charge >= 0.3 is 0 Å². The van der Waals surface area contributed by atoms with Crippen molar-refractivity contribution in [3.8, 4) is 5.88 Å². The largest absolute Gasteiger partial charge is 0.480 e. The topological polar surface area (TPSA) is 95.0 Å². The van der Waals surface area contributed by atoms with Gasteiger partial charge < -0.3 is 25.2 Å². The zero-order valence-corrected chi connectivity index (χ0v) is 19.8. The second kappa shape index (κ2) is 12.2. The minimum Gasteiger partial charge on any atom is -0.480 e. The summed E-state index contributed by atoms with van der Waals surface area (Å²) in [5.74, 6) is 1.85. The molecule has 1 aliphatic heterocycles.